The van der Waals surface area contributed by atoms with Gasteiger partial charge in [-0.2, -0.15) is 4.31 Å². The van der Waals surface area contributed by atoms with E-state index in [9.17, 15) is 13.2 Å². The Kier molecular flexibility index (Phi) is 7.47. The molecule has 1 aliphatic heterocycles. The van der Waals surface area contributed by atoms with Crippen molar-refractivity contribution in [2.75, 3.05) is 19.7 Å². The summed E-state index contributed by atoms with van der Waals surface area (Å²) < 4.78 is 32.9. The summed E-state index contributed by atoms with van der Waals surface area (Å²) in [7, 11) is -3.48. The van der Waals surface area contributed by atoms with Gasteiger partial charge in [-0.25, -0.2) is 8.42 Å². The maximum absolute atomic E-state index is 13.2. The summed E-state index contributed by atoms with van der Waals surface area (Å²) >= 11 is 1.22. The van der Waals surface area contributed by atoms with Crippen molar-refractivity contribution in [3.63, 3.8) is 0 Å². The van der Waals surface area contributed by atoms with Crippen LogP contribution in [0, 0.1) is 5.92 Å². The van der Waals surface area contributed by atoms with E-state index in [1.807, 2.05) is 61.5 Å². The van der Waals surface area contributed by atoms with Gasteiger partial charge in [0.15, 0.2) is 0 Å². The van der Waals surface area contributed by atoms with Crippen LogP contribution in [0.1, 0.15) is 36.9 Å². The van der Waals surface area contributed by atoms with Gasteiger partial charge in [-0.1, -0.05) is 48.5 Å². The standard InChI is InChI=1S/C25H28N2O4S2/c1-2-31-22-12-10-20(11-13-22)24(19-7-4-3-5-8-19)26-25(28)21-14-16-27(17-15-21)33(29,30)23-9-6-18-32-23/h3-13,18,21,24H,2,14-17H2,1H3,(H,26,28). The molecule has 1 aliphatic rings. The van der Waals surface area contributed by atoms with Crippen molar-refractivity contribution in [1.29, 1.82) is 0 Å². The first kappa shape index (κ1) is 23.5. The Bertz CT molecular complexity index is 1140. The Labute approximate surface area is 199 Å². The number of hydrogen-bond acceptors (Lipinski definition) is 5. The van der Waals surface area contributed by atoms with E-state index in [2.05, 4.69) is 5.32 Å². The molecular weight excluding hydrogens is 456 g/mol. The van der Waals surface area contributed by atoms with Crippen molar-refractivity contribution in [3.8, 4) is 5.75 Å². The first-order valence-electron chi connectivity index (χ1n) is 11.1. The Morgan fingerprint density at radius 1 is 1.03 bits per heavy atom. The fourth-order valence-corrected chi connectivity index (χ4v) is 6.70. The van der Waals surface area contributed by atoms with Gasteiger partial charge in [-0.3, -0.25) is 4.79 Å². The molecule has 0 radical (unpaired) electrons. The highest BCUT2D eigenvalue weighted by Gasteiger charge is 2.33. The lowest BCUT2D eigenvalue weighted by Crippen LogP contribution is -2.43. The fraction of sp³-hybridized carbons (Fsp3) is 0.320. The van der Waals surface area contributed by atoms with Crippen LogP contribution in [0.3, 0.4) is 0 Å². The number of thiophene rings is 1. The molecule has 1 atom stereocenters. The van der Waals surface area contributed by atoms with Crippen LogP contribution in [0.15, 0.2) is 76.3 Å². The number of carbonyl (C=O) groups is 1. The molecule has 8 heteroatoms. The summed E-state index contributed by atoms with van der Waals surface area (Å²) in [5, 5.41) is 4.97. The molecule has 2 aromatic carbocycles. The molecule has 0 spiro atoms. The minimum Gasteiger partial charge on any atom is -0.494 e. The van der Waals surface area contributed by atoms with E-state index in [4.69, 9.17) is 4.74 Å². The van der Waals surface area contributed by atoms with Gasteiger partial charge in [-0.15, -0.1) is 11.3 Å². The first-order chi connectivity index (χ1) is 16.0. The zero-order chi connectivity index (χ0) is 23.3. The van der Waals surface area contributed by atoms with Gasteiger partial charge < -0.3 is 10.1 Å². The molecule has 4 rings (SSSR count). The Morgan fingerprint density at radius 3 is 2.30 bits per heavy atom. The highest BCUT2D eigenvalue weighted by molar-refractivity contribution is 7.91. The lowest BCUT2D eigenvalue weighted by Gasteiger charge is -2.31. The van der Waals surface area contributed by atoms with Crippen molar-refractivity contribution in [2.24, 2.45) is 5.92 Å². The van der Waals surface area contributed by atoms with Crippen molar-refractivity contribution < 1.29 is 17.9 Å². The van der Waals surface area contributed by atoms with Crippen LogP contribution in [0.4, 0.5) is 0 Å². The van der Waals surface area contributed by atoms with Crippen LogP contribution in [0.5, 0.6) is 5.75 Å². The minimum atomic E-state index is -3.48. The molecule has 6 nitrogen and oxygen atoms in total. The second-order valence-electron chi connectivity index (χ2n) is 7.96. The molecule has 1 fully saturated rings. The molecule has 1 aromatic heterocycles. The van der Waals surface area contributed by atoms with Crippen molar-refractivity contribution >= 4 is 27.3 Å². The molecule has 2 heterocycles. The van der Waals surface area contributed by atoms with Crippen LogP contribution in [0.25, 0.3) is 0 Å². The number of hydrogen-bond donors (Lipinski definition) is 1. The molecule has 0 bridgehead atoms. The first-order valence-corrected chi connectivity index (χ1v) is 13.4. The molecule has 3 aromatic rings. The molecule has 0 saturated carbocycles. The lowest BCUT2D eigenvalue weighted by atomic mass is 9.94. The van der Waals surface area contributed by atoms with E-state index < -0.39 is 10.0 Å². The highest BCUT2D eigenvalue weighted by Crippen LogP contribution is 2.29. The van der Waals surface area contributed by atoms with Gasteiger partial charge >= 0.3 is 0 Å². The third-order valence-corrected chi connectivity index (χ3v) is 9.13. The molecule has 174 valence electrons. The molecule has 33 heavy (non-hydrogen) atoms. The normalized spacial score (nSPS) is 16.3. The van der Waals surface area contributed by atoms with Crippen molar-refractivity contribution in [2.45, 2.75) is 30.0 Å². The topological polar surface area (TPSA) is 75.7 Å². The number of rotatable bonds is 8. The maximum atomic E-state index is 13.2. The zero-order valence-corrected chi connectivity index (χ0v) is 20.1. The maximum Gasteiger partial charge on any atom is 0.252 e. The molecule has 1 unspecified atom stereocenters. The SMILES string of the molecule is CCOc1ccc(C(NC(=O)C2CCN(S(=O)(=O)c3cccs3)CC2)c2ccccc2)cc1. The summed E-state index contributed by atoms with van der Waals surface area (Å²) in [5.41, 5.74) is 1.96. The smallest absolute Gasteiger partial charge is 0.252 e. The van der Waals surface area contributed by atoms with Gasteiger partial charge in [-0.05, 0) is 54.5 Å². The van der Waals surface area contributed by atoms with Crippen LogP contribution in [0.2, 0.25) is 0 Å². The molecule has 0 aliphatic carbocycles. The van der Waals surface area contributed by atoms with Gasteiger partial charge in [0, 0.05) is 19.0 Å². The van der Waals surface area contributed by atoms with E-state index in [-0.39, 0.29) is 17.9 Å². The fourth-order valence-electron chi connectivity index (χ4n) is 4.08. The number of nitrogens with one attached hydrogen (secondary N) is 1. The molecule has 1 saturated heterocycles. The Balaban J connectivity index is 1.45. The van der Waals surface area contributed by atoms with E-state index in [0.717, 1.165) is 16.9 Å². The Hall–Kier alpha value is -2.68. The number of amides is 1. The number of sulfonamides is 1. The van der Waals surface area contributed by atoms with E-state index >= 15 is 0 Å². The summed E-state index contributed by atoms with van der Waals surface area (Å²) in [4.78, 5) is 13.2. The van der Waals surface area contributed by atoms with Gasteiger partial charge in [0.25, 0.3) is 10.0 Å². The summed E-state index contributed by atoms with van der Waals surface area (Å²) in [5.74, 6) is 0.512. The molecule has 1 N–H and O–H groups in total. The average Bonchev–Trinajstić information content (AvgIpc) is 3.40. The third kappa shape index (κ3) is 5.46. The number of piperidine rings is 1. The van der Waals surface area contributed by atoms with Gasteiger partial charge in [0.05, 0.1) is 12.6 Å². The predicted molar refractivity (Wildman–Crippen MR) is 130 cm³/mol. The number of nitrogens with zero attached hydrogens (tertiary/aromatic N) is 1. The lowest BCUT2D eigenvalue weighted by molar-refractivity contribution is -0.126. The van der Waals surface area contributed by atoms with Crippen molar-refractivity contribution in [3.05, 3.63) is 83.2 Å². The van der Waals surface area contributed by atoms with Crippen LogP contribution in [-0.4, -0.2) is 38.3 Å². The quantitative estimate of drug-likeness (QED) is 0.512. The zero-order valence-electron chi connectivity index (χ0n) is 18.5. The van der Waals surface area contributed by atoms with Crippen molar-refractivity contribution in [1.82, 2.24) is 9.62 Å². The monoisotopic (exact) mass is 484 g/mol. The molecular formula is C25H28N2O4S2. The summed E-state index contributed by atoms with van der Waals surface area (Å²) in [6, 6.07) is 20.7. The van der Waals surface area contributed by atoms with Gasteiger partial charge in [0.2, 0.25) is 5.91 Å². The van der Waals surface area contributed by atoms with Crippen LogP contribution in [-0.2, 0) is 14.8 Å². The summed E-state index contributed by atoms with van der Waals surface area (Å²) in [6.45, 7) is 3.23. The largest absolute Gasteiger partial charge is 0.494 e. The van der Waals surface area contributed by atoms with Gasteiger partial charge in [0.1, 0.15) is 9.96 Å². The average molecular weight is 485 g/mol. The Morgan fingerprint density at radius 2 is 1.70 bits per heavy atom. The third-order valence-electron chi connectivity index (χ3n) is 5.86. The second-order valence-corrected chi connectivity index (χ2v) is 11.1. The number of ether oxygens (including phenoxy) is 1. The number of benzene rings is 2. The van der Waals surface area contributed by atoms with E-state index in [1.54, 1.807) is 17.5 Å². The highest BCUT2D eigenvalue weighted by atomic mass is 32.2. The minimum absolute atomic E-state index is 0.0501. The second kappa shape index (κ2) is 10.5. The van der Waals surface area contributed by atoms with E-state index in [0.29, 0.717) is 36.7 Å². The summed E-state index contributed by atoms with van der Waals surface area (Å²) in [6.07, 6.45) is 1.00. The predicted octanol–water partition coefficient (Wildman–Crippen LogP) is 4.45. The number of carbonyl (C=O) groups excluding carboxylic acids is 1. The van der Waals surface area contributed by atoms with Crippen LogP contribution >= 0.6 is 11.3 Å². The van der Waals surface area contributed by atoms with Crippen LogP contribution < -0.4 is 10.1 Å². The van der Waals surface area contributed by atoms with E-state index in [1.165, 1.54) is 15.6 Å². The molecule has 1 amide bonds.